The molecule has 2 aliphatic heterocycles. The van der Waals surface area contributed by atoms with Crippen LogP contribution in [0.15, 0.2) is 67.3 Å². The molecule has 5 rings (SSSR count). The lowest BCUT2D eigenvalue weighted by Crippen LogP contribution is -2.36. The number of anilines is 2. The van der Waals surface area contributed by atoms with Crippen LogP contribution in [0.1, 0.15) is 23.9 Å². The van der Waals surface area contributed by atoms with Gasteiger partial charge < -0.3 is 14.4 Å². The van der Waals surface area contributed by atoms with Crippen molar-refractivity contribution in [2.45, 2.75) is 26.4 Å². The standard InChI is InChI=1S/C21H20N4/c1-15-12-17-13-21-22-8-9-25(21)20(17)14-19(15)24-11-10-23(16(24)2)18-6-4-3-5-7-18/h3-12,14,16H,13H2,1-2H3/t16-/m0/s1. The number of nitrogens with zero attached hydrogens (tertiary/aromatic N) is 4. The van der Waals surface area contributed by atoms with E-state index in [1.807, 2.05) is 6.20 Å². The van der Waals surface area contributed by atoms with Crippen molar-refractivity contribution in [3.8, 4) is 5.69 Å². The number of benzene rings is 2. The molecule has 0 bridgehead atoms. The summed E-state index contributed by atoms with van der Waals surface area (Å²) in [5.41, 5.74) is 6.38. The van der Waals surface area contributed by atoms with Crippen LogP contribution in [0.2, 0.25) is 0 Å². The summed E-state index contributed by atoms with van der Waals surface area (Å²) in [6, 6.07) is 15.1. The van der Waals surface area contributed by atoms with Gasteiger partial charge in [0.05, 0.1) is 5.69 Å². The van der Waals surface area contributed by atoms with Crippen molar-refractivity contribution in [1.82, 2.24) is 9.55 Å². The number of para-hydroxylation sites is 1. The molecule has 0 radical (unpaired) electrons. The van der Waals surface area contributed by atoms with E-state index in [1.165, 1.54) is 28.2 Å². The maximum Gasteiger partial charge on any atom is 0.117 e. The zero-order valence-electron chi connectivity index (χ0n) is 14.4. The molecule has 1 atom stereocenters. The summed E-state index contributed by atoms with van der Waals surface area (Å²) in [5.74, 6) is 1.13. The van der Waals surface area contributed by atoms with Gasteiger partial charge in [-0.05, 0) is 43.2 Å². The van der Waals surface area contributed by atoms with Crippen LogP contribution < -0.4 is 9.80 Å². The first-order valence-corrected chi connectivity index (χ1v) is 8.68. The molecule has 2 aromatic carbocycles. The molecule has 0 spiro atoms. The minimum Gasteiger partial charge on any atom is -0.326 e. The fourth-order valence-electron chi connectivity index (χ4n) is 3.95. The SMILES string of the molecule is Cc1cc2c(cc1N1C=CN(c3ccccc3)[C@@H]1C)-n1ccnc1C2. The molecule has 0 fully saturated rings. The maximum absolute atomic E-state index is 4.46. The number of aromatic nitrogens is 2. The van der Waals surface area contributed by atoms with Crippen molar-refractivity contribution in [1.29, 1.82) is 0 Å². The van der Waals surface area contributed by atoms with E-state index in [4.69, 9.17) is 0 Å². The van der Waals surface area contributed by atoms with Gasteiger partial charge in [0, 0.05) is 42.6 Å². The first-order valence-electron chi connectivity index (χ1n) is 8.68. The highest BCUT2D eigenvalue weighted by molar-refractivity contribution is 5.68. The van der Waals surface area contributed by atoms with Gasteiger partial charge in [0.25, 0.3) is 0 Å². The first kappa shape index (κ1) is 14.3. The Morgan fingerprint density at radius 2 is 1.80 bits per heavy atom. The number of fused-ring (bicyclic) bond motifs is 3. The Bertz CT molecular complexity index is 971. The fourth-order valence-corrected chi connectivity index (χ4v) is 3.95. The summed E-state index contributed by atoms with van der Waals surface area (Å²) >= 11 is 0. The molecule has 0 saturated heterocycles. The first-order chi connectivity index (χ1) is 12.2. The zero-order valence-corrected chi connectivity index (χ0v) is 14.4. The minimum atomic E-state index is 0.239. The molecule has 4 heteroatoms. The van der Waals surface area contributed by atoms with Crippen molar-refractivity contribution in [3.05, 3.63) is 84.2 Å². The number of hydrogen-bond acceptors (Lipinski definition) is 3. The Morgan fingerprint density at radius 3 is 2.64 bits per heavy atom. The average Bonchev–Trinajstić information content (AvgIpc) is 3.30. The van der Waals surface area contributed by atoms with E-state index in [2.05, 4.69) is 94.3 Å². The second kappa shape index (κ2) is 5.24. The molecule has 3 heterocycles. The van der Waals surface area contributed by atoms with Gasteiger partial charge >= 0.3 is 0 Å². The lowest BCUT2D eigenvalue weighted by molar-refractivity contribution is 0.748. The third-order valence-corrected chi connectivity index (χ3v) is 5.25. The molecule has 3 aromatic rings. The van der Waals surface area contributed by atoms with Crippen LogP contribution in [0.4, 0.5) is 11.4 Å². The summed E-state index contributed by atoms with van der Waals surface area (Å²) in [7, 11) is 0. The smallest absolute Gasteiger partial charge is 0.117 e. The summed E-state index contributed by atoms with van der Waals surface area (Å²) in [4.78, 5) is 9.11. The van der Waals surface area contributed by atoms with Gasteiger partial charge in [-0.15, -0.1) is 0 Å². The number of imidazole rings is 1. The van der Waals surface area contributed by atoms with E-state index in [1.54, 1.807) is 0 Å². The van der Waals surface area contributed by atoms with Crippen LogP contribution in [-0.2, 0) is 6.42 Å². The highest BCUT2D eigenvalue weighted by atomic mass is 15.4. The lowest BCUT2D eigenvalue weighted by atomic mass is 10.1. The molecule has 2 aliphatic rings. The largest absolute Gasteiger partial charge is 0.326 e. The Labute approximate surface area is 147 Å². The van der Waals surface area contributed by atoms with Crippen molar-refractivity contribution in [2.75, 3.05) is 9.80 Å². The number of hydrogen-bond donors (Lipinski definition) is 0. The Morgan fingerprint density at radius 1 is 1.00 bits per heavy atom. The van der Waals surface area contributed by atoms with E-state index in [0.29, 0.717) is 0 Å². The molecule has 0 unspecified atom stereocenters. The van der Waals surface area contributed by atoms with Gasteiger partial charge in [0.2, 0.25) is 0 Å². The summed E-state index contributed by atoms with van der Waals surface area (Å²) in [5, 5.41) is 0. The second-order valence-corrected chi connectivity index (χ2v) is 6.74. The highest BCUT2D eigenvalue weighted by Crippen LogP contribution is 2.36. The van der Waals surface area contributed by atoms with E-state index in [-0.39, 0.29) is 6.17 Å². The predicted octanol–water partition coefficient (Wildman–Crippen LogP) is 4.23. The van der Waals surface area contributed by atoms with Gasteiger partial charge in [-0.25, -0.2) is 4.98 Å². The Balaban J connectivity index is 1.53. The van der Waals surface area contributed by atoms with Crippen LogP contribution in [-0.4, -0.2) is 15.7 Å². The van der Waals surface area contributed by atoms with Crippen LogP contribution >= 0.6 is 0 Å². The summed E-state index contributed by atoms with van der Waals surface area (Å²) in [6.45, 7) is 4.44. The van der Waals surface area contributed by atoms with Crippen LogP contribution in [0.3, 0.4) is 0 Å². The lowest BCUT2D eigenvalue weighted by Gasteiger charge is -2.31. The predicted molar refractivity (Wildman–Crippen MR) is 101 cm³/mol. The second-order valence-electron chi connectivity index (χ2n) is 6.74. The third kappa shape index (κ3) is 2.10. The zero-order chi connectivity index (χ0) is 17.0. The molecular formula is C21H20N4. The maximum atomic E-state index is 4.46. The minimum absolute atomic E-state index is 0.239. The van der Waals surface area contributed by atoms with Crippen molar-refractivity contribution >= 4 is 11.4 Å². The fraction of sp³-hybridized carbons (Fsp3) is 0.190. The summed E-state index contributed by atoms with van der Waals surface area (Å²) < 4.78 is 2.21. The Kier molecular flexibility index (Phi) is 3.01. The molecule has 0 aliphatic carbocycles. The van der Waals surface area contributed by atoms with E-state index < -0.39 is 0 Å². The van der Waals surface area contributed by atoms with Crippen molar-refractivity contribution in [3.63, 3.8) is 0 Å². The van der Waals surface area contributed by atoms with Gasteiger partial charge in [-0.2, -0.15) is 0 Å². The molecular weight excluding hydrogens is 308 g/mol. The molecule has 0 amide bonds. The Hall–Kier alpha value is -3.01. The van der Waals surface area contributed by atoms with Crippen LogP contribution in [0.25, 0.3) is 5.69 Å². The van der Waals surface area contributed by atoms with Gasteiger partial charge in [0.1, 0.15) is 12.0 Å². The highest BCUT2D eigenvalue weighted by Gasteiger charge is 2.27. The van der Waals surface area contributed by atoms with Gasteiger partial charge in [-0.1, -0.05) is 24.3 Å². The molecule has 1 aromatic heterocycles. The van der Waals surface area contributed by atoms with Gasteiger partial charge in [-0.3, -0.25) is 0 Å². The quantitative estimate of drug-likeness (QED) is 0.550. The summed E-state index contributed by atoms with van der Waals surface area (Å²) in [6.07, 6.45) is 9.44. The van der Waals surface area contributed by atoms with Crippen molar-refractivity contribution < 1.29 is 0 Å². The number of rotatable bonds is 2. The molecule has 4 nitrogen and oxygen atoms in total. The van der Waals surface area contributed by atoms with Gasteiger partial charge in [0.15, 0.2) is 0 Å². The van der Waals surface area contributed by atoms with Crippen LogP contribution in [0.5, 0.6) is 0 Å². The third-order valence-electron chi connectivity index (χ3n) is 5.25. The topological polar surface area (TPSA) is 24.3 Å². The molecule has 25 heavy (non-hydrogen) atoms. The molecule has 0 saturated carbocycles. The normalized spacial score (nSPS) is 17.9. The average molecular weight is 328 g/mol. The van der Waals surface area contributed by atoms with Crippen molar-refractivity contribution in [2.24, 2.45) is 0 Å². The van der Waals surface area contributed by atoms with E-state index >= 15 is 0 Å². The molecule has 124 valence electrons. The molecule has 0 N–H and O–H groups in total. The number of aryl methyl sites for hydroxylation is 1. The monoisotopic (exact) mass is 328 g/mol. The van der Waals surface area contributed by atoms with Crippen LogP contribution in [0, 0.1) is 6.92 Å². The van der Waals surface area contributed by atoms with E-state index in [9.17, 15) is 0 Å². The van der Waals surface area contributed by atoms with E-state index in [0.717, 1.165) is 12.2 Å².